The molecule has 1 amide bonds. The first-order valence-electron chi connectivity index (χ1n) is 8.98. The Morgan fingerprint density at radius 3 is 2.50 bits per heavy atom. The normalized spacial score (nSPS) is 15.3. The summed E-state index contributed by atoms with van der Waals surface area (Å²) < 4.78 is 10.7. The van der Waals surface area contributed by atoms with Gasteiger partial charge in [0.15, 0.2) is 0 Å². The summed E-state index contributed by atoms with van der Waals surface area (Å²) in [6.07, 6.45) is 0.190. The fraction of sp³-hybridized carbons (Fsp3) is 0.130. The molecule has 0 saturated carbocycles. The van der Waals surface area contributed by atoms with Crippen LogP contribution in [0.2, 0.25) is 0 Å². The first kappa shape index (κ1) is 17.8. The van der Waals surface area contributed by atoms with Crippen LogP contribution in [0, 0.1) is 0 Å². The third-order valence-corrected chi connectivity index (χ3v) is 4.76. The van der Waals surface area contributed by atoms with E-state index in [0.717, 1.165) is 16.9 Å². The summed E-state index contributed by atoms with van der Waals surface area (Å²) >= 11 is 0. The molecular formula is C23H19NO4. The van der Waals surface area contributed by atoms with Gasteiger partial charge in [0.1, 0.15) is 11.9 Å². The Kier molecular flexibility index (Phi) is 4.81. The molecule has 0 saturated heterocycles. The third kappa shape index (κ3) is 3.60. The highest BCUT2D eigenvalue weighted by molar-refractivity contribution is 6.05. The maximum absolute atomic E-state index is 12.6. The van der Waals surface area contributed by atoms with E-state index in [1.807, 2.05) is 30.3 Å². The van der Waals surface area contributed by atoms with Gasteiger partial charge in [-0.3, -0.25) is 4.79 Å². The molecule has 0 radical (unpaired) electrons. The van der Waals surface area contributed by atoms with E-state index < -0.39 is 0 Å². The Balaban J connectivity index is 1.55. The zero-order valence-electron chi connectivity index (χ0n) is 15.3. The van der Waals surface area contributed by atoms with E-state index in [-0.39, 0.29) is 18.0 Å². The van der Waals surface area contributed by atoms with Crippen LogP contribution in [0.4, 0.5) is 5.69 Å². The van der Waals surface area contributed by atoms with Crippen molar-refractivity contribution in [1.82, 2.24) is 0 Å². The number of esters is 1. The quantitative estimate of drug-likeness (QED) is 0.689. The predicted octanol–water partition coefficient (Wildman–Crippen LogP) is 4.40. The summed E-state index contributed by atoms with van der Waals surface area (Å²) in [6.45, 7) is 0. The van der Waals surface area contributed by atoms with E-state index in [1.165, 1.54) is 0 Å². The van der Waals surface area contributed by atoms with Gasteiger partial charge < -0.3 is 14.8 Å². The van der Waals surface area contributed by atoms with Crippen molar-refractivity contribution in [3.05, 3.63) is 95.1 Å². The molecule has 28 heavy (non-hydrogen) atoms. The molecule has 0 aliphatic carbocycles. The fourth-order valence-corrected chi connectivity index (χ4v) is 3.27. The molecule has 5 nitrogen and oxygen atoms in total. The number of nitrogens with one attached hydrogen (secondary N) is 1. The lowest BCUT2D eigenvalue weighted by molar-refractivity contribution is 0.0252. The van der Waals surface area contributed by atoms with Gasteiger partial charge in [0.2, 0.25) is 0 Å². The van der Waals surface area contributed by atoms with Crippen LogP contribution in [0.1, 0.15) is 37.9 Å². The van der Waals surface area contributed by atoms with Gasteiger partial charge in [-0.15, -0.1) is 0 Å². The van der Waals surface area contributed by atoms with Crippen LogP contribution in [-0.4, -0.2) is 19.0 Å². The van der Waals surface area contributed by atoms with Gasteiger partial charge >= 0.3 is 5.97 Å². The summed E-state index contributed by atoms with van der Waals surface area (Å²) in [5.41, 5.74) is 3.43. The van der Waals surface area contributed by atoms with Crippen molar-refractivity contribution in [3.63, 3.8) is 0 Å². The smallest absolute Gasteiger partial charge is 0.339 e. The minimum atomic E-state index is -0.364. The number of hydrogen-bond donors (Lipinski definition) is 1. The van der Waals surface area contributed by atoms with Gasteiger partial charge in [-0.2, -0.15) is 0 Å². The molecule has 0 aromatic heterocycles. The Bertz CT molecular complexity index is 1010. The van der Waals surface area contributed by atoms with E-state index in [4.69, 9.17) is 9.47 Å². The molecule has 4 rings (SSSR count). The molecule has 3 aromatic carbocycles. The topological polar surface area (TPSA) is 64.6 Å². The van der Waals surface area contributed by atoms with Crippen molar-refractivity contribution in [2.75, 3.05) is 12.4 Å². The van der Waals surface area contributed by atoms with Crippen LogP contribution in [0.15, 0.2) is 72.8 Å². The predicted molar refractivity (Wildman–Crippen MR) is 106 cm³/mol. The summed E-state index contributed by atoms with van der Waals surface area (Å²) in [5, 5.41) is 2.86. The highest BCUT2D eigenvalue weighted by atomic mass is 16.5. The van der Waals surface area contributed by atoms with Crippen LogP contribution in [0.25, 0.3) is 0 Å². The lowest BCUT2D eigenvalue weighted by Gasteiger charge is -2.25. The maximum atomic E-state index is 12.6. The van der Waals surface area contributed by atoms with Crippen LogP contribution in [0.3, 0.4) is 0 Å². The zero-order valence-corrected chi connectivity index (χ0v) is 15.3. The van der Waals surface area contributed by atoms with Gasteiger partial charge in [0.25, 0.3) is 5.91 Å². The van der Waals surface area contributed by atoms with Gasteiger partial charge in [-0.1, -0.05) is 30.3 Å². The van der Waals surface area contributed by atoms with Gasteiger partial charge in [-0.05, 0) is 53.6 Å². The molecule has 1 unspecified atom stereocenters. The number of fused-ring (bicyclic) bond motifs is 1. The fourth-order valence-electron chi connectivity index (χ4n) is 3.27. The molecule has 3 aromatic rings. The number of methoxy groups -OCH3 is 1. The second-order valence-corrected chi connectivity index (χ2v) is 6.56. The lowest BCUT2D eigenvalue weighted by atomic mass is 9.93. The Hall–Kier alpha value is -3.60. The highest BCUT2D eigenvalue weighted by Gasteiger charge is 2.28. The summed E-state index contributed by atoms with van der Waals surface area (Å²) in [7, 11) is 1.59. The molecule has 1 aliphatic heterocycles. The average molecular weight is 373 g/mol. The first-order valence-corrected chi connectivity index (χ1v) is 8.98. The molecular weight excluding hydrogens is 354 g/mol. The van der Waals surface area contributed by atoms with Crippen molar-refractivity contribution in [1.29, 1.82) is 0 Å². The van der Waals surface area contributed by atoms with Crippen LogP contribution < -0.4 is 10.1 Å². The van der Waals surface area contributed by atoms with Crippen molar-refractivity contribution in [2.24, 2.45) is 0 Å². The van der Waals surface area contributed by atoms with Gasteiger partial charge in [0, 0.05) is 17.7 Å². The molecule has 0 bridgehead atoms. The minimum absolute atomic E-state index is 0.233. The Morgan fingerprint density at radius 1 is 1.04 bits per heavy atom. The van der Waals surface area contributed by atoms with Crippen molar-refractivity contribution >= 4 is 17.6 Å². The van der Waals surface area contributed by atoms with E-state index in [0.29, 0.717) is 23.2 Å². The van der Waals surface area contributed by atoms with Gasteiger partial charge in [0.05, 0.1) is 12.7 Å². The molecule has 1 aliphatic rings. The molecule has 1 heterocycles. The SMILES string of the molecule is COc1ccc(NC(=O)c2ccc3c(c2)CC(c2ccccc2)OC3=O)cc1. The van der Waals surface area contributed by atoms with E-state index in [1.54, 1.807) is 49.6 Å². The number of rotatable bonds is 4. The molecule has 1 N–H and O–H groups in total. The summed E-state index contributed by atoms with van der Waals surface area (Å²) in [5.74, 6) is 0.123. The molecule has 0 spiro atoms. The molecule has 140 valence electrons. The van der Waals surface area contributed by atoms with E-state index >= 15 is 0 Å². The summed E-state index contributed by atoms with van der Waals surface area (Å²) in [6, 6.07) is 21.8. The number of carbonyl (C=O) groups is 2. The Morgan fingerprint density at radius 2 is 1.79 bits per heavy atom. The largest absolute Gasteiger partial charge is 0.497 e. The van der Waals surface area contributed by atoms with Crippen LogP contribution in [-0.2, 0) is 11.2 Å². The number of cyclic esters (lactones) is 1. The molecule has 1 atom stereocenters. The number of carbonyl (C=O) groups excluding carboxylic acids is 2. The summed E-state index contributed by atoms with van der Waals surface area (Å²) in [4.78, 5) is 25.0. The number of benzene rings is 3. The number of anilines is 1. The second kappa shape index (κ2) is 7.56. The first-order chi connectivity index (χ1) is 13.6. The van der Waals surface area contributed by atoms with Crippen molar-refractivity contribution in [2.45, 2.75) is 12.5 Å². The average Bonchev–Trinajstić information content (AvgIpc) is 2.74. The number of hydrogen-bond acceptors (Lipinski definition) is 4. The van der Waals surface area contributed by atoms with Gasteiger partial charge in [-0.25, -0.2) is 4.79 Å². The number of ether oxygens (including phenoxy) is 2. The second-order valence-electron chi connectivity index (χ2n) is 6.56. The third-order valence-electron chi connectivity index (χ3n) is 4.76. The molecule has 0 fully saturated rings. The van der Waals surface area contributed by atoms with Crippen LogP contribution in [0.5, 0.6) is 5.75 Å². The Labute approximate surface area is 162 Å². The standard InChI is InChI=1S/C23H19NO4/c1-27-19-10-8-18(9-11-19)24-22(25)16-7-12-20-17(13-16)14-21(28-23(20)26)15-5-3-2-4-6-15/h2-13,21H,14H2,1H3,(H,24,25). The van der Waals surface area contributed by atoms with Crippen LogP contribution >= 0.6 is 0 Å². The zero-order chi connectivity index (χ0) is 19.5. The maximum Gasteiger partial charge on any atom is 0.339 e. The highest BCUT2D eigenvalue weighted by Crippen LogP contribution is 2.31. The minimum Gasteiger partial charge on any atom is -0.497 e. The van der Waals surface area contributed by atoms with E-state index in [9.17, 15) is 9.59 Å². The van der Waals surface area contributed by atoms with E-state index in [2.05, 4.69) is 5.32 Å². The monoisotopic (exact) mass is 373 g/mol. The number of amides is 1. The molecule has 5 heteroatoms. The lowest BCUT2D eigenvalue weighted by Crippen LogP contribution is -2.23. The van der Waals surface area contributed by atoms with Crippen molar-refractivity contribution < 1.29 is 19.1 Å². The van der Waals surface area contributed by atoms with Crippen molar-refractivity contribution in [3.8, 4) is 5.75 Å².